The van der Waals surface area contributed by atoms with E-state index in [9.17, 15) is 13.2 Å². The summed E-state index contributed by atoms with van der Waals surface area (Å²) in [6, 6.07) is 1.64. The first-order valence-electron chi connectivity index (χ1n) is 7.52. The number of carbonyl (C=O) groups is 1. The van der Waals surface area contributed by atoms with Crippen molar-refractivity contribution < 1.29 is 13.2 Å². The summed E-state index contributed by atoms with van der Waals surface area (Å²) in [5.74, 6) is 0.401. The average molecular weight is 352 g/mol. The number of amides is 1. The van der Waals surface area contributed by atoms with E-state index in [-0.39, 0.29) is 23.5 Å². The number of hydrogen-bond donors (Lipinski definition) is 1. The zero-order valence-electron chi connectivity index (χ0n) is 12.3. The van der Waals surface area contributed by atoms with Gasteiger partial charge in [-0.25, -0.2) is 13.4 Å². The molecule has 4 rings (SSSR count). The second-order valence-corrected chi connectivity index (χ2v) is 9.14. The molecule has 0 radical (unpaired) electrons. The lowest BCUT2D eigenvalue weighted by Gasteiger charge is -2.12. The Kier molecular flexibility index (Phi) is 3.49. The second kappa shape index (κ2) is 5.41. The summed E-state index contributed by atoms with van der Waals surface area (Å²) in [6.45, 7) is 0. The molecule has 2 aromatic rings. The smallest absolute Gasteiger partial charge is 0.277 e. The van der Waals surface area contributed by atoms with Gasteiger partial charge in [0.25, 0.3) is 5.91 Å². The fourth-order valence-electron chi connectivity index (χ4n) is 2.91. The van der Waals surface area contributed by atoms with Gasteiger partial charge in [0, 0.05) is 23.2 Å². The fourth-order valence-corrected chi connectivity index (χ4v) is 5.13. The third-order valence-electron chi connectivity index (χ3n) is 4.20. The van der Waals surface area contributed by atoms with Crippen molar-refractivity contribution in [2.24, 2.45) is 0 Å². The molecule has 122 valence electrons. The zero-order chi connectivity index (χ0) is 16.0. The van der Waals surface area contributed by atoms with Gasteiger partial charge in [-0.05, 0) is 25.3 Å². The van der Waals surface area contributed by atoms with E-state index in [1.807, 2.05) is 0 Å². The van der Waals surface area contributed by atoms with Gasteiger partial charge in [0.15, 0.2) is 20.7 Å². The lowest BCUT2D eigenvalue weighted by Crippen LogP contribution is -2.17. The van der Waals surface area contributed by atoms with Crippen molar-refractivity contribution in [1.29, 1.82) is 0 Å². The van der Waals surface area contributed by atoms with E-state index in [2.05, 4.69) is 15.4 Å². The second-order valence-electron chi connectivity index (χ2n) is 6.02. The third kappa shape index (κ3) is 3.02. The maximum Gasteiger partial charge on any atom is 0.277 e. The topological polar surface area (TPSA) is 94.0 Å². The van der Waals surface area contributed by atoms with Crippen LogP contribution in [0.5, 0.6) is 0 Å². The molecule has 7 nitrogen and oxygen atoms in total. The number of nitrogens with zero attached hydrogens (tertiary/aromatic N) is 3. The van der Waals surface area contributed by atoms with Crippen LogP contribution in [0.2, 0.25) is 0 Å². The number of thiazole rings is 1. The molecule has 1 saturated heterocycles. The van der Waals surface area contributed by atoms with E-state index >= 15 is 0 Å². The third-order valence-corrected chi connectivity index (χ3v) is 6.64. The van der Waals surface area contributed by atoms with Gasteiger partial charge in [-0.1, -0.05) is 0 Å². The van der Waals surface area contributed by atoms with E-state index in [0.717, 1.165) is 18.5 Å². The van der Waals surface area contributed by atoms with Gasteiger partial charge in [-0.2, -0.15) is 5.10 Å². The Bertz CT molecular complexity index is 838. The molecule has 1 aliphatic carbocycles. The highest BCUT2D eigenvalue weighted by Crippen LogP contribution is 2.42. The Morgan fingerprint density at radius 1 is 1.35 bits per heavy atom. The average Bonchev–Trinajstić information content (AvgIpc) is 2.92. The molecular weight excluding hydrogens is 336 g/mol. The van der Waals surface area contributed by atoms with Gasteiger partial charge in [0.1, 0.15) is 0 Å². The number of aromatic nitrogens is 3. The minimum atomic E-state index is -2.99. The van der Waals surface area contributed by atoms with E-state index in [1.54, 1.807) is 22.3 Å². The number of carbonyl (C=O) groups excluding carboxylic acids is 1. The van der Waals surface area contributed by atoms with Crippen molar-refractivity contribution in [3.63, 3.8) is 0 Å². The predicted molar refractivity (Wildman–Crippen MR) is 86.6 cm³/mol. The van der Waals surface area contributed by atoms with Crippen LogP contribution < -0.4 is 5.32 Å². The van der Waals surface area contributed by atoms with Crippen LogP contribution in [0.1, 0.15) is 47.4 Å². The molecule has 0 bridgehead atoms. The van der Waals surface area contributed by atoms with Crippen molar-refractivity contribution >= 4 is 32.2 Å². The van der Waals surface area contributed by atoms with Crippen molar-refractivity contribution in [1.82, 2.24) is 14.8 Å². The summed E-state index contributed by atoms with van der Waals surface area (Å²) in [4.78, 5) is 16.4. The van der Waals surface area contributed by atoms with E-state index in [4.69, 9.17) is 0 Å². The highest BCUT2D eigenvalue weighted by Gasteiger charge is 2.36. The number of nitrogens with one attached hydrogen (secondary N) is 1. The Morgan fingerprint density at radius 3 is 2.78 bits per heavy atom. The molecule has 9 heteroatoms. The minimum Gasteiger partial charge on any atom is -0.296 e. The first-order valence-corrected chi connectivity index (χ1v) is 10.2. The highest BCUT2D eigenvalue weighted by molar-refractivity contribution is 7.91. The predicted octanol–water partition coefficient (Wildman–Crippen LogP) is 1.83. The largest absolute Gasteiger partial charge is 0.296 e. The zero-order valence-corrected chi connectivity index (χ0v) is 13.9. The van der Waals surface area contributed by atoms with E-state index < -0.39 is 9.84 Å². The summed E-state index contributed by atoms with van der Waals surface area (Å²) in [5, 5.41) is 9.45. The standard InChI is InChI=1S/C14H16N4O3S2/c19-13(16-14-15-4-5-22-14)11-7-12(9-1-2-9)18(17-11)10-3-6-23(20,21)8-10/h4-5,7,9-10H,1-3,6,8H2,(H,15,16,19)/t10-/m1/s1. The molecule has 2 fully saturated rings. The van der Waals surface area contributed by atoms with Crippen molar-refractivity contribution in [3.8, 4) is 0 Å². The van der Waals surface area contributed by atoms with Gasteiger partial charge in [0.2, 0.25) is 0 Å². The van der Waals surface area contributed by atoms with Crippen LogP contribution in [0, 0.1) is 0 Å². The molecule has 0 unspecified atom stereocenters. The Hall–Kier alpha value is -1.74. The van der Waals surface area contributed by atoms with E-state index in [1.165, 1.54) is 11.3 Å². The number of rotatable bonds is 4. The molecule has 1 aliphatic heterocycles. The van der Waals surface area contributed by atoms with Gasteiger partial charge in [0.05, 0.1) is 17.5 Å². The van der Waals surface area contributed by atoms with Crippen LogP contribution in [-0.4, -0.2) is 40.6 Å². The van der Waals surface area contributed by atoms with Crippen LogP contribution >= 0.6 is 11.3 Å². The van der Waals surface area contributed by atoms with Crippen LogP contribution in [0.3, 0.4) is 0 Å². The van der Waals surface area contributed by atoms with Gasteiger partial charge in [-0.15, -0.1) is 11.3 Å². The lowest BCUT2D eigenvalue weighted by molar-refractivity contribution is 0.102. The van der Waals surface area contributed by atoms with Crippen LogP contribution in [0.4, 0.5) is 5.13 Å². The number of sulfone groups is 1. The fraction of sp³-hybridized carbons (Fsp3) is 0.500. The van der Waals surface area contributed by atoms with Gasteiger partial charge >= 0.3 is 0 Å². The first kappa shape index (κ1) is 14.8. The lowest BCUT2D eigenvalue weighted by atomic mass is 10.2. The summed E-state index contributed by atoms with van der Waals surface area (Å²) in [6.07, 6.45) is 4.33. The van der Waals surface area contributed by atoms with Crippen molar-refractivity contribution in [3.05, 3.63) is 29.0 Å². The summed E-state index contributed by atoms with van der Waals surface area (Å²) >= 11 is 1.34. The summed E-state index contributed by atoms with van der Waals surface area (Å²) in [5.41, 5.74) is 1.31. The number of anilines is 1. The van der Waals surface area contributed by atoms with Crippen molar-refractivity contribution in [2.45, 2.75) is 31.2 Å². The van der Waals surface area contributed by atoms with Gasteiger partial charge < -0.3 is 0 Å². The molecule has 0 aromatic carbocycles. The molecule has 1 saturated carbocycles. The molecular formula is C14H16N4O3S2. The Balaban J connectivity index is 1.62. The molecule has 2 aliphatic rings. The SMILES string of the molecule is O=C(Nc1nccs1)c1cc(C2CC2)n([C@@H]2CCS(=O)(=O)C2)n1. The van der Waals surface area contributed by atoms with Gasteiger partial charge in [-0.3, -0.25) is 14.8 Å². The molecule has 3 heterocycles. The molecule has 1 atom stereocenters. The highest BCUT2D eigenvalue weighted by atomic mass is 32.2. The minimum absolute atomic E-state index is 0.113. The quantitative estimate of drug-likeness (QED) is 0.906. The van der Waals surface area contributed by atoms with Crippen LogP contribution in [-0.2, 0) is 9.84 Å². The number of hydrogen-bond acceptors (Lipinski definition) is 6. The molecule has 1 amide bonds. The Morgan fingerprint density at radius 2 is 2.17 bits per heavy atom. The molecule has 1 N–H and O–H groups in total. The maximum absolute atomic E-state index is 12.3. The summed E-state index contributed by atoms with van der Waals surface area (Å²) in [7, 11) is -2.99. The molecule has 23 heavy (non-hydrogen) atoms. The Labute approximate surface area is 137 Å². The van der Waals surface area contributed by atoms with Crippen LogP contribution in [0.15, 0.2) is 17.6 Å². The first-order chi connectivity index (χ1) is 11.0. The molecule has 2 aromatic heterocycles. The monoisotopic (exact) mass is 352 g/mol. The maximum atomic E-state index is 12.3. The molecule has 0 spiro atoms. The van der Waals surface area contributed by atoms with E-state index in [0.29, 0.717) is 23.2 Å². The van der Waals surface area contributed by atoms with Crippen molar-refractivity contribution in [2.75, 3.05) is 16.8 Å². The van der Waals surface area contributed by atoms with Crippen LogP contribution in [0.25, 0.3) is 0 Å². The normalized spacial score (nSPS) is 23.0. The summed E-state index contributed by atoms with van der Waals surface area (Å²) < 4.78 is 25.2.